The van der Waals surface area contributed by atoms with E-state index in [0.717, 1.165) is 32.4 Å². The van der Waals surface area contributed by atoms with Crippen molar-refractivity contribution in [2.45, 2.75) is 51.2 Å². The molecule has 4 heteroatoms. The van der Waals surface area contributed by atoms with Crippen molar-refractivity contribution in [3.05, 3.63) is 12.2 Å². The third kappa shape index (κ3) is 3.25. The summed E-state index contributed by atoms with van der Waals surface area (Å²) in [6, 6.07) is 0. The SMILES string of the molecule is CC(C)(C)OC(=O)N1CCC2(CC=CCO2)CC1. The highest BCUT2D eigenvalue weighted by Crippen LogP contribution is 2.32. The van der Waals surface area contributed by atoms with Crippen LogP contribution in [-0.2, 0) is 9.47 Å². The summed E-state index contributed by atoms with van der Waals surface area (Å²) >= 11 is 0. The molecule has 1 amide bonds. The smallest absolute Gasteiger partial charge is 0.410 e. The summed E-state index contributed by atoms with van der Waals surface area (Å²) < 4.78 is 11.3. The van der Waals surface area contributed by atoms with Gasteiger partial charge < -0.3 is 14.4 Å². The summed E-state index contributed by atoms with van der Waals surface area (Å²) in [7, 11) is 0. The van der Waals surface area contributed by atoms with Crippen LogP contribution in [0.25, 0.3) is 0 Å². The second kappa shape index (κ2) is 4.92. The van der Waals surface area contributed by atoms with Gasteiger partial charge in [0.15, 0.2) is 0 Å². The lowest BCUT2D eigenvalue weighted by molar-refractivity contribution is -0.0777. The van der Waals surface area contributed by atoms with Gasteiger partial charge >= 0.3 is 6.09 Å². The topological polar surface area (TPSA) is 38.8 Å². The molecule has 4 nitrogen and oxygen atoms in total. The van der Waals surface area contributed by atoms with Gasteiger partial charge in [0.05, 0.1) is 12.2 Å². The Bertz CT molecular complexity index is 335. The molecule has 0 atom stereocenters. The number of rotatable bonds is 0. The van der Waals surface area contributed by atoms with Gasteiger partial charge in [0.25, 0.3) is 0 Å². The maximum absolute atomic E-state index is 11.9. The highest BCUT2D eigenvalue weighted by atomic mass is 16.6. The Balaban J connectivity index is 1.86. The fraction of sp³-hybridized carbons (Fsp3) is 0.786. The van der Waals surface area contributed by atoms with Gasteiger partial charge in [-0.15, -0.1) is 0 Å². The molecule has 18 heavy (non-hydrogen) atoms. The molecule has 0 bridgehead atoms. The lowest BCUT2D eigenvalue weighted by Gasteiger charge is -2.42. The van der Waals surface area contributed by atoms with E-state index in [1.54, 1.807) is 4.90 Å². The van der Waals surface area contributed by atoms with Gasteiger partial charge in [-0.3, -0.25) is 0 Å². The number of hydrogen-bond acceptors (Lipinski definition) is 3. The monoisotopic (exact) mass is 253 g/mol. The minimum atomic E-state index is -0.420. The summed E-state index contributed by atoms with van der Waals surface area (Å²) in [5.41, 5.74) is -0.455. The van der Waals surface area contributed by atoms with Crippen LogP contribution in [0.3, 0.4) is 0 Å². The van der Waals surface area contributed by atoms with Crippen LogP contribution in [0.1, 0.15) is 40.0 Å². The molecule has 2 aliphatic heterocycles. The Morgan fingerprint density at radius 1 is 1.28 bits per heavy atom. The first-order chi connectivity index (χ1) is 8.40. The molecule has 0 radical (unpaired) electrons. The number of hydrogen-bond donors (Lipinski definition) is 0. The molecule has 1 fully saturated rings. The number of ether oxygens (including phenoxy) is 2. The van der Waals surface area contributed by atoms with E-state index in [1.807, 2.05) is 20.8 Å². The van der Waals surface area contributed by atoms with Crippen molar-refractivity contribution in [2.75, 3.05) is 19.7 Å². The molecule has 1 saturated heterocycles. The van der Waals surface area contributed by atoms with E-state index in [2.05, 4.69) is 12.2 Å². The molecule has 102 valence electrons. The molecule has 0 aromatic rings. The molecule has 0 unspecified atom stereocenters. The summed E-state index contributed by atoms with van der Waals surface area (Å²) in [6.07, 6.45) is 6.81. The molecule has 0 aliphatic carbocycles. The van der Waals surface area contributed by atoms with Gasteiger partial charge in [-0.05, 0) is 40.0 Å². The first-order valence-corrected chi connectivity index (χ1v) is 6.67. The Morgan fingerprint density at radius 2 is 1.94 bits per heavy atom. The van der Waals surface area contributed by atoms with Crippen LogP contribution in [0.5, 0.6) is 0 Å². The molecule has 2 heterocycles. The average Bonchev–Trinajstić information content (AvgIpc) is 2.28. The minimum Gasteiger partial charge on any atom is -0.444 e. The third-order valence-corrected chi connectivity index (χ3v) is 3.47. The predicted octanol–water partition coefficient (Wildman–Crippen LogP) is 2.73. The average molecular weight is 253 g/mol. The highest BCUT2D eigenvalue weighted by Gasteiger charge is 2.37. The first-order valence-electron chi connectivity index (χ1n) is 6.67. The largest absolute Gasteiger partial charge is 0.444 e. The van der Waals surface area contributed by atoms with Gasteiger partial charge in [0.2, 0.25) is 0 Å². The zero-order valence-corrected chi connectivity index (χ0v) is 11.6. The lowest BCUT2D eigenvalue weighted by Crippen LogP contribution is -2.49. The zero-order chi connectivity index (χ0) is 13.2. The maximum atomic E-state index is 11.9. The number of carbonyl (C=O) groups excluding carboxylic acids is 1. The summed E-state index contributed by atoms with van der Waals surface area (Å²) in [5, 5.41) is 0. The second-order valence-electron chi connectivity index (χ2n) is 6.14. The molecule has 0 aromatic heterocycles. The number of carbonyl (C=O) groups is 1. The van der Waals surface area contributed by atoms with Gasteiger partial charge in [0, 0.05) is 13.1 Å². The van der Waals surface area contributed by atoms with Crippen molar-refractivity contribution < 1.29 is 14.3 Å². The van der Waals surface area contributed by atoms with Gasteiger partial charge in [-0.25, -0.2) is 4.79 Å². The van der Waals surface area contributed by atoms with Crippen molar-refractivity contribution in [2.24, 2.45) is 0 Å². The van der Waals surface area contributed by atoms with Crippen LogP contribution in [-0.4, -0.2) is 41.9 Å². The van der Waals surface area contributed by atoms with E-state index in [4.69, 9.17) is 9.47 Å². The van der Waals surface area contributed by atoms with Crippen molar-refractivity contribution in [3.63, 3.8) is 0 Å². The van der Waals surface area contributed by atoms with Crippen LogP contribution in [0.15, 0.2) is 12.2 Å². The molecule has 0 aromatic carbocycles. The Hall–Kier alpha value is -1.03. The van der Waals surface area contributed by atoms with E-state index in [0.29, 0.717) is 6.61 Å². The number of likely N-dealkylation sites (tertiary alicyclic amines) is 1. The Kier molecular flexibility index (Phi) is 3.66. The second-order valence-corrected chi connectivity index (χ2v) is 6.14. The number of amides is 1. The van der Waals surface area contributed by atoms with Crippen LogP contribution in [0, 0.1) is 0 Å². The predicted molar refractivity (Wildman–Crippen MR) is 69.5 cm³/mol. The fourth-order valence-corrected chi connectivity index (χ4v) is 2.42. The molecular formula is C14H23NO3. The molecular weight excluding hydrogens is 230 g/mol. The Morgan fingerprint density at radius 3 is 2.44 bits per heavy atom. The molecule has 2 aliphatic rings. The van der Waals surface area contributed by atoms with Crippen molar-refractivity contribution in [3.8, 4) is 0 Å². The third-order valence-electron chi connectivity index (χ3n) is 3.47. The van der Waals surface area contributed by atoms with Gasteiger partial charge in [-0.1, -0.05) is 12.2 Å². The lowest BCUT2D eigenvalue weighted by atomic mass is 9.87. The highest BCUT2D eigenvalue weighted by molar-refractivity contribution is 5.68. The van der Waals surface area contributed by atoms with Crippen molar-refractivity contribution >= 4 is 6.09 Å². The quantitative estimate of drug-likeness (QED) is 0.623. The van der Waals surface area contributed by atoms with Gasteiger partial charge in [0.1, 0.15) is 5.60 Å². The molecule has 0 N–H and O–H groups in total. The van der Waals surface area contributed by atoms with E-state index in [1.165, 1.54) is 0 Å². The van der Waals surface area contributed by atoms with Crippen LogP contribution >= 0.6 is 0 Å². The molecule has 1 spiro atoms. The van der Waals surface area contributed by atoms with Crippen LogP contribution < -0.4 is 0 Å². The fourth-order valence-electron chi connectivity index (χ4n) is 2.42. The van der Waals surface area contributed by atoms with Crippen LogP contribution in [0.4, 0.5) is 4.79 Å². The van der Waals surface area contributed by atoms with E-state index in [-0.39, 0.29) is 11.7 Å². The summed E-state index contributed by atoms with van der Waals surface area (Å²) in [4.78, 5) is 13.7. The Labute approximate surface area is 109 Å². The standard InChI is InChI=1S/C14H23NO3/c1-13(2,3)18-12(16)15-9-7-14(8-10-15)6-4-5-11-17-14/h4-5H,6-11H2,1-3H3. The summed E-state index contributed by atoms with van der Waals surface area (Å²) in [6.45, 7) is 7.83. The number of nitrogens with zero attached hydrogens (tertiary/aromatic N) is 1. The van der Waals surface area contributed by atoms with E-state index >= 15 is 0 Å². The van der Waals surface area contributed by atoms with Crippen LogP contribution in [0.2, 0.25) is 0 Å². The zero-order valence-electron chi connectivity index (χ0n) is 11.6. The van der Waals surface area contributed by atoms with Crippen molar-refractivity contribution in [1.82, 2.24) is 4.90 Å². The normalized spacial score (nSPS) is 23.2. The maximum Gasteiger partial charge on any atom is 0.410 e. The van der Waals surface area contributed by atoms with E-state index in [9.17, 15) is 4.79 Å². The summed E-state index contributed by atoms with van der Waals surface area (Å²) in [5.74, 6) is 0. The molecule has 0 saturated carbocycles. The van der Waals surface area contributed by atoms with Crippen molar-refractivity contribution in [1.29, 1.82) is 0 Å². The van der Waals surface area contributed by atoms with Gasteiger partial charge in [-0.2, -0.15) is 0 Å². The molecule has 2 rings (SSSR count). The van der Waals surface area contributed by atoms with E-state index < -0.39 is 5.60 Å². The number of piperidine rings is 1. The minimum absolute atomic E-state index is 0.0345. The first kappa shape index (κ1) is 13.4.